The topological polar surface area (TPSA) is 115 Å². The van der Waals surface area contributed by atoms with E-state index in [0.717, 1.165) is 5.56 Å². The van der Waals surface area contributed by atoms with E-state index in [4.69, 9.17) is 10.5 Å². The first-order chi connectivity index (χ1) is 14.8. The average Bonchev–Trinajstić information content (AvgIpc) is 2.78. The predicted molar refractivity (Wildman–Crippen MR) is 111 cm³/mol. The van der Waals surface area contributed by atoms with Crippen LogP contribution in [0.5, 0.6) is 0 Å². The minimum Gasteiger partial charge on any atom is -0.452 e. The molecule has 1 fully saturated rings. The normalized spacial score (nSPS) is 15.2. The van der Waals surface area contributed by atoms with Gasteiger partial charge in [-0.1, -0.05) is 12.1 Å². The molecule has 0 spiro atoms. The number of benzene rings is 1. The Bertz CT molecular complexity index is 926. The highest BCUT2D eigenvalue weighted by Crippen LogP contribution is 2.23. The molecule has 1 aliphatic rings. The lowest BCUT2D eigenvalue weighted by atomic mass is 9.97. The molecule has 9 heteroatoms. The Morgan fingerprint density at radius 1 is 1.19 bits per heavy atom. The monoisotopic (exact) mass is 428 g/mol. The third-order valence-electron chi connectivity index (χ3n) is 5.23. The van der Waals surface area contributed by atoms with Crippen LogP contribution >= 0.6 is 0 Å². The van der Waals surface area contributed by atoms with Gasteiger partial charge < -0.3 is 20.7 Å². The zero-order chi connectivity index (χ0) is 22.4. The highest BCUT2D eigenvalue weighted by atomic mass is 19.1. The lowest BCUT2D eigenvalue weighted by molar-refractivity contribution is -0.159. The van der Waals surface area contributed by atoms with E-state index in [1.807, 2.05) is 4.90 Å². The number of rotatable bonds is 7. The molecule has 164 valence electrons. The minimum absolute atomic E-state index is 0.223. The molecule has 0 saturated carbocycles. The summed E-state index contributed by atoms with van der Waals surface area (Å²) in [6.45, 7) is 2.96. The molecule has 0 unspecified atom stereocenters. The second-order valence-corrected chi connectivity index (χ2v) is 7.45. The van der Waals surface area contributed by atoms with Crippen molar-refractivity contribution in [2.75, 3.05) is 18.0 Å². The maximum Gasteiger partial charge on any atom is 0.309 e. The third kappa shape index (κ3) is 6.00. The van der Waals surface area contributed by atoms with Gasteiger partial charge in [-0.05, 0) is 49.6 Å². The van der Waals surface area contributed by atoms with Crippen LogP contribution in [0.25, 0.3) is 0 Å². The van der Waals surface area contributed by atoms with Gasteiger partial charge in [-0.15, -0.1) is 0 Å². The molecule has 0 aliphatic carbocycles. The molecule has 3 rings (SSSR count). The number of esters is 1. The van der Waals surface area contributed by atoms with E-state index in [1.165, 1.54) is 25.3 Å². The van der Waals surface area contributed by atoms with Gasteiger partial charge >= 0.3 is 5.97 Å². The van der Waals surface area contributed by atoms with Gasteiger partial charge in [-0.3, -0.25) is 14.4 Å². The van der Waals surface area contributed by atoms with E-state index in [2.05, 4.69) is 10.3 Å². The molecule has 0 bridgehead atoms. The van der Waals surface area contributed by atoms with Crippen LogP contribution < -0.4 is 16.0 Å². The highest BCUT2D eigenvalue weighted by molar-refractivity contribution is 5.92. The lowest BCUT2D eigenvalue weighted by Crippen LogP contribution is -2.40. The van der Waals surface area contributed by atoms with Crippen molar-refractivity contribution in [3.05, 3.63) is 59.5 Å². The van der Waals surface area contributed by atoms with Crippen molar-refractivity contribution >= 4 is 23.6 Å². The molecule has 1 aromatic carbocycles. The van der Waals surface area contributed by atoms with Crippen molar-refractivity contribution in [2.45, 2.75) is 32.4 Å². The summed E-state index contributed by atoms with van der Waals surface area (Å²) in [6.07, 6.45) is 1.66. The highest BCUT2D eigenvalue weighted by Gasteiger charge is 2.29. The fourth-order valence-electron chi connectivity index (χ4n) is 3.32. The fraction of sp³-hybridized carbons (Fsp3) is 0.364. The Balaban J connectivity index is 1.43. The molecule has 1 saturated heterocycles. The minimum atomic E-state index is -0.922. The molecule has 31 heavy (non-hydrogen) atoms. The zero-order valence-electron chi connectivity index (χ0n) is 17.2. The first-order valence-corrected chi connectivity index (χ1v) is 10.1. The molecule has 2 amide bonds. The van der Waals surface area contributed by atoms with Gasteiger partial charge in [-0.25, -0.2) is 9.37 Å². The maximum absolute atomic E-state index is 12.9. The van der Waals surface area contributed by atoms with Gasteiger partial charge in [-0.2, -0.15) is 0 Å². The van der Waals surface area contributed by atoms with Crippen molar-refractivity contribution in [3.63, 3.8) is 0 Å². The van der Waals surface area contributed by atoms with Crippen LogP contribution in [-0.2, 0) is 20.9 Å². The summed E-state index contributed by atoms with van der Waals surface area (Å²) in [6, 6.07) is 9.15. The Morgan fingerprint density at radius 2 is 1.87 bits per heavy atom. The second kappa shape index (κ2) is 10.0. The summed E-state index contributed by atoms with van der Waals surface area (Å²) < 4.78 is 18.3. The van der Waals surface area contributed by atoms with E-state index in [9.17, 15) is 18.8 Å². The largest absolute Gasteiger partial charge is 0.452 e. The van der Waals surface area contributed by atoms with E-state index in [-0.39, 0.29) is 18.3 Å². The Morgan fingerprint density at radius 3 is 2.45 bits per heavy atom. The fourth-order valence-corrected chi connectivity index (χ4v) is 3.32. The maximum atomic E-state index is 12.9. The number of ether oxygens (including phenoxy) is 1. The van der Waals surface area contributed by atoms with Gasteiger partial charge in [0.2, 0.25) is 5.91 Å². The molecule has 1 aromatic heterocycles. The molecule has 0 radical (unpaired) electrons. The number of carbonyl (C=O) groups excluding carboxylic acids is 3. The Labute approximate surface area is 179 Å². The number of amides is 2. The van der Waals surface area contributed by atoms with Crippen LogP contribution in [-0.4, -0.2) is 42.0 Å². The smallest absolute Gasteiger partial charge is 0.309 e. The van der Waals surface area contributed by atoms with E-state index < -0.39 is 23.9 Å². The summed E-state index contributed by atoms with van der Waals surface area (Å²) in [5.74, 6) is -1.27. The molecule has 3 N–H and O–H groups in total. The third-order valence-corrected chi connectivity index (χ3v) is 5.23. The van der Waals surface area contributed by atoms with Crippen LogP contribution in [0.4, 0.5) is 10.2 Å². The van der Waals surface area contributed by atoms with Gasteiger partial charge in [0.15, 0.2) is 6.10 Å². The number of carbonyl (C=O) groups is 3. The van der Waals surface area contributed by atoms with Crippen molar-refractivity contribution in [3.8, 4) is 0 Å². The van der Waals surface area contributed by atoms with Crippen molar-refractivity contribution in [1.29, 1.82) is 0 Å². The van der Waals surface area contributed by atoms with Crippen LogP contribution in [0.15, 0.2) is 42.6 Å². The number of piperidine rings is 1. The molecular weight excluding hydrogens is 403 g/mol. The SMILES string of the molecule is C[C@H](OC(=O)C1CCN(c2ccc(C(N)=O)cn2)CC1)C(=O)NCc1ccc(F)cc1. The van der Waals surface area contributed by atoms with Crippen LogP contribution in [0, 0.1) is 11.7 Å². The molecule has 2 heterocycles. The molecule has 1 aliphatic heterocycles. The Kier molecular flexibility index (Phi) is 7.17. The molecule has 1 atom stereocenters. The predicted octanol–water partition coefficient (Wildman–Crippen LogP) is 1.78. The van der Waals surface area contributed by atoms with Crippen molar-refractivity contribution in [2.24, 2.45) is 11.7 Å². The van der Waals surface area contributed by atoms with Gasteiger partial charge in [0.1, 0.15) is 11.6 Å². The first kappa shape index (κ1) is 22.2. The summed E-state index contributed by atoms with van der Waals surface area (Å²) in [5, 5.41) is 2.68. The summed E-state index contributed by atoms with van der Waals surface area (Å²) in [5.41, 5.74) is 6.31. The van der Waals surface area contributed by atoms with Crippen LogP contribution in [0.1, 0.15) is 35.7 Å². The van der Waals surface area contributed by atoms with E-state index in [0.29, 0.717) is 37.3 Å². The number of aromatic nitrogens is 1. The summed E-state index contributed by atoms with van der Waals surface area (Å²) in [7, 11) is 0. The van der Waals surface area contributed by atoms with Gasteiger partial charge in [0, 0.05) is 25.8 Å². The number of hydrogen-bond acceptors (Lipinski definition) is 6. The van der Waals surface area contributed by atoms with Crippen molar-refractivity contribution < 1.29 is 23.5 Å². The first-order valence-electron chi connectivity index (χ1n) is 10.1. The number of pyridine rings is 1. The molecular formula is C22H25FN4O4. The number of primary amides is 1. The molecule has 8 nitrogen and oxygen atoms in total. The summed E-state index contributed by atoms with van der Waals surface area (Å²) >= 11 is 0. The zero-order valence-corrected chi connectivity index (χ0v) is 17.2. The Hall–Kier alpha value is -3.49. The quantitative estimate of drug-likeness (QED) is 0.650. The number of nitrogens with zero attached hydrogens (tertiary/aromatic N) is 2. The van der Waals surface area contributed by atoms with Gasteiger partial charge in [0.25, 0.3) is 5.91 Å². The number of halogens is 1. The van der Waals surface area contributed by atoms with Crippen molar-refractivity contribution in [1.82, 2.24) is 10.3 Å². The number of anilines is 1. The van der Waals surface area contributed by atoms with Gasteiger partial charge in [0.05, 0.1) is 11.5 Å². The lowest BCUT2D eigenvalue weighted by Gasteiger charge is -2.32. The van der Waals surface area contributed by atoms with Crippen LogP contribution in [0.3, 0.4) is 0 Å². The van der Waals surface area contributed by atoms with E-state index in [1.54, 1.807) is 24.3 Å². The van der Waals surface area contributed by atoms with E-state index >= 15 is 0 Å². The summed E-state index contributed by atoms with van der Waals surface area (Å²) in [4.78, 5) is 42.1. The average molecular weight is 428 g/mol. The standard InChI is InChI=1S/C22H25FN4O4/c1-14(21(29)26-12-15-2-5-18(23)6-3-15)31-22(30)16-8-10-27(11-9-16)19-7-4-17(13-25-19)20(24)28/h2-7,13-14,16H,8-12H2,1H3,(H2,24,28)(H,26,29)/t14-/m0/s1. The molecule has 2 aromatic rings. The number of nitrogens with one attached hydrogen (secondary N) is 1. The number of nitrogens with two attached hydrogens (primary N) is 1. The van der Waals surface area contributed by atoms with Crippen LogP contribution in [0.2, 0.25) is 0 Å². The second-order valence-electron chi connectivity index (χ2n) is 7.45. The number of hydrogen-bond donors (Lipinski definition) is 2.